The van der Waals surface area contributed by atoms with Crippen molar-refractivity contribution < 1.29 is 5.11 Å². The second-order valence-electron chi connectivity index (χ2n) is 5.24. The van der Waals surface area contributed by atoms with E-state index in [2.05, 4.69) is 15.3 Å². The van der Waals surface area contributed by atoms with Crippen LogP contribution in [0.4, 0.5) is 5.69 Å². The number of nitrogens with zero attached hydrogens (tertiary/aromatic N) is 3. The summed E-state index contributed by atoms with van der Waals surface area (Å²) in [4.78, 5) is 14.2. The molecule has 6 heteroatoms. The molecule has 0 spiro atoms. The van der Waals surface area contributed by atoms with Gasteiger partial charge in [-0.3, -0.25) is 4.79 Å². The highest BCUT2D eigenvalue weighted by Gasteiger charge is 2.13. The Morgan fingerprint density at radius 1 is 1.40 bits per heavy atom. The van der Waals surface area contributed by atoms with Crippen LogP contribution in [0.2, 0.25) is 0 Å². The van der Waals surface area contributed by atoms with E-state index in [1.54, 1.807) is 12.3 Å². The quantitative estimate of drug-likeness (QED) is 0.779. The lowest BCUT2D eigenvalue weighted by Crippen LogP contribution is -2.36. The molecule has 0 saturated carbocycles. The SMILES string of the molecule is CCNCC(O)Cn1ncc(N2CCCCC2)cc1=O. The van der Waals surface area contributed by atoms with Gasteiger partial charge >= 0.3 is 0 Å². The Morgan fingerprint density at radius 3 is 2.80 bits per heavy atom. The van der Waals surface area contributed by atoms with E-state index in [4.69, 9.17) is 0 Å². The fourth-order valence-electron chi connectivity index (χ4n) is 2.46. The van der Waals surface area contributed by atoms with Crippen molar-refractivity contribution in [2.75, 3.05) is 31.1 Å². The van der Waals surface area contributed by atoms with E-state index >= 15 is 0 Å². The zero-order valence-corrected chi connectivity index (χ0v) is 12.1. The molecule has 2 N–H and O–H groups in total. The summed E-state index contributed by atoms with van der Waals surface area (Å²) >= 11 is 0. The van der Waals surface area contributed by atoms with Crippen LogP contribution in [-0.4, -0.2) is 47.2 Å². The molecule has 1 atom stereocenters. The molecular weight excluding hydrogens is 256 g/mol. The highest BCUT2D eigenvalue weighted by Crippen LogP contribution is 2.16. The maximum atomic E-state index is 12.0. The Hall–Kier alpha value is -1.40. The minimum absolute atomic E-state index is 0.149. The van der Waals surface area contributed by atoms with E-state index in [9.17, 15) is 9.90 Å². The first-order chi connectivity index (χ1) is 9.70. The molecule has 0 radical (unpaired) electrons. The monoisotopic (exact) mass is 280 g/mol. The average molecular weight is 280 g/mol. The van der Waals surface area contributed by atoms with Crippen molar-refractivity contribution in [1.29, 1.82) is 0 Å². The van der Waals surface area contributed by atoms with Crippen molar-refractivity contribution in [2.45, 2.75) is 38.8 Å². The summed E-state index contributed by atoms with van der Waals surface area (Å²) in [5.74, 6) is 0. The molecule has 0 aromatic carbocycles. The van der Waals surface area contributed by atoms with Crippen LogP contribution in [-0.2, 0) is 6.54 Å². The first-order valence-corrected chi connectivity index (χ1v) is 7.41. The minimum Gasteiger partial charge on any atom is -0.390 e. The highest BCUT2D eigenvalue weighted by molar-refractivity contribution is 5.43. The van der Waals surface area contributed by atoms with Crippen LogP contribution in [0.5, 0.6) is 0 Å². The van der Waals surface area contributed by atoms with Crippen LogP contribution < -0.4 is 15.8 Å². The maximum Gasteiger partial charge on any atom is 0.268 e. The minimum atomic E-state index is -0.596. The van der Waals surface area contributed by atoms with Crippen molar-refractivity contribution >= 4 is 5.69 Å². The van der Waals surface area contributed by atoms with Gasteiger partial charge in [-0.15, -0.1) is 0 Å². The summed E-state index contributed by atoms with van der Waals surface area (Å²) in [5.41, 5.74) is 0.746. The predicted octanol–water partition coefficient (Wildman–Crippen LogP) is 0.204. The van der Waals surface area contributed by atoms with Gasteiger partial charge in [0.25, 0.3) is 5.56 Å². The van der Waals surface area contributed by atoms with Crippen molar-refractivity contribution in [3.8, 4) is 0 Å². The third-order valence-corrected chi connectivity index (χ3v) is 3.59. The summed E-state index contributed by atoms with van der Waals surface area (Å²) in [6, 6.07) is 1.62. The zero-order chi connectivity index (χ0) is 14.4. The Labute approximate surface area is 119 Å². The molecular formula is C14H24N4O2. The molecule has 0 aliphatic carbocycles. The third kappa shape index (κ3) is 4.05. The number of aromatic nitrogens is 2. The van der Waals surface area contributed by atoms with Gasteiger partial charge in [0.15, 0.2) is 0 Å². The molecule has 6 nitrogen and oxygen atoms in total. The summed E-state index contributed by atoms with van der Waals surface area (Å²) in [7, 11) is 0. The van der Waals surface area contributed by atoms with Crippen molar-refractivity contribution in [3.05, 3.63) is 22.6 Å². The Bertz CT molecular complexity index is 468. The molecule has 0 amide bonds. The molecule has 20 heavy (non-hydrogen) atoms. The highest BCUT2D eigenvalue weighted by atomic mass is 16.3. The van der Waals surface area contributed by atoms with E-state index in [0.29, 0.717) is 6.54 Å². The van der Waals surface area contributed by atoms with Gasteiger partial charge in [-0.2, -0.15) is 5.10 Å². The number of nitrogens with one attached hydrogen (secondary N) is 1. The number of anilines is 1. The number of likely N-dealkylation sites (N-methyl/N-ethyl adjacent to an activating group) is 1. The molecule has 2 rings (SSSR count). The van der Waals surface area contributed by atoms with Gasteiger partial charge in [-0.05, 0) is 25.8 Å². The predicted molar refractivity (Wildman–Crippen MR) is 79.1 cm³/mol. The first-order valence-electron chi connectivity index (χ1n) is 7.41. The van der Waals surface area contributed by atoms with Crippen molar-refractivity contribution in [1.82, 2.24) is 15.1 Å². The second-order valence-corrected chi connectivity index (χ2v) is 5.24. The normalized spacial score (nSPS) is 17.2. The molecule has 1 unspecified atom stereocenters. The van der Waals surface area contributed by atoms with Gasteiger partial charge in [-0.1, -0.05) is 6.92 Å². The summed E-state index contributed by atoms with van der Waals surface area (Å²) in [5, 5.41) is 17.0. The Balaban J connectivity index is 2.00. The van der Waals surface area contributed by atoms with Crippen LogP contribution in [0.1, 0.15) is 26.2 Å². The molecule has 1 saturated heterocycles. The van der Waals surface area contributed by atoms with E-state index in [1.807, 2.05) is 6.92 Å². The second kappa shape index (κ2) is 7.40. The van der Waals surface area contributed by atoms with E-state index in [0.717, 1.165) is 25.3 Å². The van der Waals surface area contributed by atoms with Crippen LogP contribution in [0.25, 0.3) is 0 Å². The number of hydrogen-bond acceptors (Lipinski definition) is 5. The number of aliphatic hydroxyl groups is 1. The fraction of sp³-hybridized carbons (Fsp3) is 0.714. The Morgan fingerprint density at radius 2 is 2.15 bits per heavy atom. The number of rotatable bonds is 6. The fourth-order valence-corrected chi connectivity index (χ4v) is 2.46. The van der Waals surface area contributed by atoms with Gasteiger partial charge in [-0.25, -0.2) is 4.68 Å². The number of aliphatic hydroxyl groups excluding tert-OH is 1. The summed E-state index contributed by atoms with van der Waals surface area (Å²) in [6.07, 6.45) is 4.74. The lowest BCUT2D eigenvalue weighted by atomic mass is 10.1. The van der Waals surface area contributed by atoms with E-state index < -0.39 is 6.10 Å². The molecule has 2 heterocycles. The van der Waals surface area contributed by atoms with E-state index in [1.165, 1.54) is 23.9 Å². The lowest BCUT2D eigenvalue weighted by molar-refractivity contribution is 0.145. The van der Waals surface area contributed by atoms with Gasteiger partial charge < -0.3 is 15.3 Å². The van der Waals surface area contributed by atoms with Crippen LogP contribution in [0.15, 0.2) is 17.1 Å². The van der Waals surface area contributed by atoms with Crippen molar-refractivity contribution in [3.63, 3.8) is 0 Å². The maximum absolute atomic E-state index is 12.0. The molecule has 1 aromatic heterocycles. The molecule has 1 aliphatic rings. The molecule has 112 valence electrons. The van der Waals surface area contributed by atoms with E-state index in [-0.39, 0.29) is 12.1 Å². The van der Waals surface area contributed by atoms with Crippen LogP contribution >= 0.6 is 0 Å². The first kappa shape index (κ1) is 15.0. The van der Waals surface area contributed by atoms with Gasteiger partial charge in [0.1, 0.15) is 0 Å². The van der Waals surface area contributed by atoms with Gasteiger partial charge in [0, 0.05) is 25.7 Å². The van der Waals surface area contributed by atoms with Crippen molar-refractivity contribution in [2.24, 2.45) is 0 Å². The van der Waals surface area contributed by atoms with Crippen LogP contribution in [0.3, 0.4) is 0 Å². The van der Waals surface area contributed by atoms with Gasteiger partial charge in [0.05, 0.1) is 24.5 Å². The Kier molecular flexibility index (Phi) is 5.55. The van der Waals surface area contributed by atoms with Crippen LogP contribution in [0, 0.1) is 0 Å². The zero-order valence-electron chi connectivity index (χ0n) is 12.1. The largest absolute Gasteiger partial charge is 0.390 e. The third-order valence-electron chi connectivity index (χ3n) is 3.59. The smallest absolute Gasteiger partial charge is 0.268 e. The number of hydrogen-bond donors (Lipinski definition) is 2. The van der Waals surface area contributed by atoms with Gasteiger partial charge in [0.2, 0.25) is 0 Å². The molecule has 1 fully saturated rings. The topological polar surface area (TPSA) is 70.4 Å². The summed E-state index contributed by atoms with van der Waals surface area (Å²) in [6.45, 7) is 5.46. The standard InChI is InChI=1S/C14H24N4O2/c1-2-15-10-13(19)11-18-14(20)8-12(9-16-18)17-6-4-3-5-7-17/h8-9,13,15,19H,2-7,10-11H2,1H3. The lowest BCUT2D eigenvalue weighted by Gasteiger charge is -2.28. The average Bonchev–Trinajstić information content (AvgIpc) is 2.48. The molecule has 1 aliphatic heterocycles. The number of piperidine rings is 1. The summed E-state index contributed by atoms with van der Waals surface area (Å²) < 4.78 is 1.33. The molecule has 0 bridgehead atoms. The molecule has 1 aromatic rings.